The lowest BCUT2D eigenvalue weighted by Crippen LogP contribution is -2.22. The molecule has 102 valence electrons. The van der Waals surface area contributed by atoms with Crippen molar-refractivity contribution in [1.82, 2.24) is 5.32 Å². The molecule has 0 radical (unpaired) electrons. The highest BCUT2D eigenvalue weighted by Crippen LogP contribution is 2.15. The molecule has 0 saturated heterocycles. The fourth-order valence-corrected chi connectivity index (χ4v) is 2.27. The van der Waals surface area contributed by atoms with Crippen LogP contribution in [0.25, 0.3) is 0 Å². The molecule has 0 fully saturated rings. The van der Waals surface area contributed by atoms with Gasteiger partial charge in [-0.25, -0.2) is 0 Å². The molecule has 2 N–H and O–H groups in total. The molecule has 0 spiro atoms. The van der Waals surface area contributed by atoms with Crippen LogP contribution in [0, 0.1) is 0 Å². The van der Waals surface area contributed by atoms with Crippen molar-refractivity contribution in [1.29, 1.82) is 0 Å². The normalized spacial score (nSPS) is 9.80. The second kappa shape index (κ2) is 6.68. The number of anilines is 1. The van der Waals surface area contributed by atoms with E-state index in [1.807, 2.05) is 29.0 Å². The van der Waals surface area contributed by atoms with Crippen LogP contribution >= 0.6 is 11.3 Å². The molecule has 1 aromatic carbocycles. The summed E-state index contributed by atoms with van der Waals surface area (Å²) in [5, 5.41) is 9.24. The quantitative estimate of drug-likeness (QED) is 0.830. The largest absolute Gasteiger partial charge is 0.348 e. The Morgan fingerprint density at radius 3 is 2.75 bits per heavy atom. The van der Waals surface area contributed by atoms with Crippen molar-refractivity contribution in [2.24, 2.45) is 0 Å². The van der Waals surface area contributed by atoms with Crippen molar-refractivity contribution in [3.8, 4) is 0 Å². The Morgan fingerprint density at radius 2 is 2.05 bits per heavy atom. The minimum absolute atomic E-state index is 0.188. The Morgan fingerprint density at radius 1 is 1.25 bits per heavy atom. The summed E-state index contributed by atoms with van der Waals surface area (Å²) in [6.07, 6.45) is 1.20. The summed E-state index contributed by atoms with van der Waals surface area (Å²) >= 11 is 1.52. The van der Waals surface area contributed by atoms with Crippen molar-refractivity contribution >= 4 is 28.8 Å². The molecule has 0 atom stereocenters. The van der Waals surface area contributed by atoms with Crippen molar-refractivity contribution in [2.75, 3.05) is 5.32 Å². The van der Waals surface area contributed by atoms with E-state index in [1.165, 1.54) is 17.4 Å². The summed E-state index contributed by atoms with van der Waals surface area (Å²) in [4.78, 5) is 23.4. The van der Waals surface area contributed by atoms with E-state index in [1.54, 1.807) is 12.1 Å². The summed E-state index contributed by atoms with van der Waals surface area (Å²) < 4.78 is 0. The van der Waals surface area contributed by atoms with Crippen LogP contribution in [0.15, 0.2) is 53.7 Å². The van der Waals surface area contributed by atoms with Gasteiger partial charge in [0.2, 0.25) is 5.91 Å². The fourth-order valence-electron chi connectivity index (χ4n) is 1.68. The van der Waals surface area contributed by atoms with Crippen LogP contribution in [0.4, 0.5) is 5.69 Å². The van der Waals surface area contributed by atoms with Crippen molar-refractivity contribution in [3.05, 3.63) is 64.9 Å². The monoisotopic (exact) mass is 286 g/mol. The summed E-state index contributed by atoms with van der Waals surface area (Å²) in [6, 6.07) is 9.01. The molecule has 0 aliphatic heterocycles. The maximum Gasteiger partial charge on any atom is 0.256 e. The van der Waals surface area contributed by atoms with Crippen molar-refractivity contribution in [3.63, 3.8) is 0 Å². The third-order valence-electron chi connectivity index (χ3n) is 2.68. The fraction of sp³-hybridized carbons (Fsp3) is 0.0667. The number of amides is 2. The highest BCUT2D eigenvalue weighted by molar-refractivity contribution is 7.08. The smallest absolute Gasteiger partial charge is 0.256 e. The highest BCUT2D eigenvalue weighted by atomic mass is 32.1. The number of carbonyl (C=O) groups excluding carboxylic acids is 2. The van der Waals surface area contributed by atoms with E-state index in [9.17, 15) is 9.59 Å². The van der Waals surface area contributed by atoms with Crippen molar-refractivity contribution < 1.29 is 9.59 Å². The Hall–Kier alpha value is -2.40. The second-order valence-electron chi connectivity index (χ2n) is 4.05. The Kier molecular flexibility index (Phi) is 4.68. The topological polar surface area (TPSA) is 58.2 Å². The summed E-state index contributed by atoms with van der Waals surface area (Å²) in [6.45, 7) is 3.68. The van der Waals surface area contributed by atoms with Gasteiger partial charge < -0.3 is 10.6 Å². The van der Waals surface area contributed by atoms with Crippen LogP contribution in [-0.2, 0) is 11.3 Å². The number of hydrogen-bond donors (Lipinski definition) is 2. The first-order valence-corrected chi connectivity index (χ1v) is 6.96. The minimum Gasteiger partial charge on any atom is -0.348 e. The maximum absolute atomic E-state index is 12.2. The number of thiophene rings is 1. The average Bonchev–Trinajstić information content (AvgIpc) is 2.97. The van der Waals surface area contributed by atoms with Gasteiger partial charge in [0.25, 0.3) is 5.91 Å². The van der Waals surface area contributed by atoms with E-state index in [0.717, 1.165) is 11.3 Å². The molecule has 0 saturated carbocycles. The van der Waals surface area contributed by atoms with Gasteiger partial charge in [0.1, 0.15) is 0 Å². The molecule has 0 aliphatic rings. The molecule has 0 bridgehead atoms. The molecular formula is C15H14N2O2S. The number of hydrogen-bond acceptors (Lipinski definition) is 3. The zero-order chi connectivity index (χ0) is 14.4. The molecule has 1 heterocycles. The predicted molar refractivity (Wildman–Crippen MR) is 80.8 cm³/mol. The predicted octanol–water partition coefficient (Wildman–Crippen LogP) is 2.80. The van der Waals surface area contributed by atoms with Crippen LogP contribution in [0.5, 0.6) is 0 Å². The van der Waals surface area contributed by atoms with Gasteiger partial charge in [0, 0.05) is 17.5 Å². The van der Waals surface area contributed by atoms with Gasteiger partial charge in [-0.05, 0) is 29.2 Å². The zero-order valence-corrected chi connectivity index (χ0v) is 11.6. The number of benzene rings is 1. The molecular weight excluding hydrogens is 272 g/mol. The van der Waals surface area contributed by atoms with Crippen LogP contribution in [0.1, 0.15) is 15.9 Å². The first-order valence-electron chi connectivity index (χ1n) is 6.02. The first kappa shape index (κ1) is 14.0. The van der Waals surface area contributed by atoms with Gasteiger partial charge in [-0.15, -0.1) is 0 Å². The van der Waals surface area contributed by atoms with E-state index in [4.69, 9.17) is 0 Å². The maximum atomic E-state index is 12.2. The number of rotatable bonds is 5. The van der Waals surface area contributed by atoms with Gasteiger partial charge in [-0.3, -0.25) is 9.59 Å². The molecule has 2 rings (SSSR count). The lowest BCUT2D eigenvalue weighted by molar-refractivity contribution is -0.116. The summed E-state index contributed by atoms with van der Waals surface area (Å²) in [5.74, 6) is -0.454. The molecule has 5 heteroatoms. The van der Waals surface area contributed by atoms with E-state index >= 15 is 0 Å². The van der Waals surface area contributed by atoms with Gasteiger partial charge in [0.15, 0.2) is 0 Å². The van der Waals surface area contributed by atoms with Crippen LogP contribution in [-0.4, -0.2) is 11.8 Å². The van der Waals surface area contributed by atoms with Crippen LogP contribution in [0.2, 0.25) is 0 Å². The third-order valence-corrected chi connectivity index (χ3v) is 3.36. The van der Waals surface area contributed by atoms with E-state index in [-0.39, 0.29) is 18.4 Å². The Bertz CT molecular complexity index is 621. The Balaban J connectivity index is 2.12. The Labute approximate surface area is 121 Å². The summed E-state index contributed by atoms with van der Waals surface area (Å²) in [5.41, 5.74) is 2.07. The van der Waals surface area contributed by atoms with Crippen LogP contribution in [0.3, 0.4) is 0 Å². The average molecular weight is 286 g/mol. The number of carbonyl (C=O) groups is 2. The van der Waals surface area contributed by atoms with Gasteiger partial charge in [0.05, 0.1) is 5.69 Å². The van der Waals surface area contributed by atoms with E-state index < -0.39 is 0 Å². The minimum atomic E-state index is -0.266. The van der Waals surface area contributed by atoms with Gasteiger partial charge in [-0.2, -0.15) is 11.3 Å². The van der Waals surface area contributed by atoms with Gasteiger partial charge in [-0.1, -0.05) is 24.8 Å². The van der Waals surface area contributed by atoms with E-state index in [2.05, 4.69) is 17.2 Å². The summed E-state index contributed by atoms with van der Waals surface area (Å²) in [7, 11) is 0. The molecule has 0 unspecified atom stereocenters. The number of nitrogens with one attached hydrogen (secondary N) is 2. The van der Waals surface area contributed by atoms with Crippen molar-refractivity contribution in [2.45, 2.75) is 6.54 Å². The lowest BCUT2D eigenvalue weighted by Gasteiger charge is -2.09. The lowest BCUT2D eigenvalue weighted by atomic mass is 10.1. The van der Waals surface area contributed by atoms with Crippen LogP contribution < -0.4 is 10.6 Å². The molecule has 4 nitrogen and oxygen atoms in total. The highest BCUT2D eigenvalue weighted by Gasteiger charge is 2.11. The molecule has 1 aromatic heterocycles. The van der Waals surface area contributed by atoms with E-state index in [0.29, 0.717) is 5.56 Å². The SMILES string of the molecule is C=CC(=O)NCc1ccccc1C(=O)Nc1ccsc1. The molecule has 2 amide bonds. The standard InChI is InChI=1S/C15H14N2O2S/c1-2-14(18)16-9-11-5-3-4-6-13(11)15(19)17-12-7-8-20-10-12/h2-8,10H,1,9H2,(H,16,18)(H,17,19). The molecule has 2 aromatic rings. The molecule has 20 heavy (non-hydrogen) atoms. The molecule has 0 aliphatic carbocycles. The zero-order valence-electron chi connectivity index (χ0n) is 10.8. The second-order valence-corrected chi connectivity index (χ2v) is 4.83. The first-order chi connectivity index (χ1) is 9.70. The van der Waals surface area contributed by atoms with Gasteiger partial charge >= 0.3 is 0 Å². The third kappa shape index (κ3) is 3.55.